The van der Waals surface area contributed by atoms with Crippen molar-refractivity contribution in [3.8, 4) is 5.75 Å². The molecule has 0 radical (unpaired) electrons. The van der Waals surface area contributed by atoms with Gasteiger partial charge in [-0.25, -0.2) is 5.43 Å². The number of nitrogens with one attached hydrogen (secondary N) is 2. The number of carbonyl (C=O) groups is 1. The quantitative estimate of drug-likeness (QED) is 0.693. The van der Waals surface area contributed by atoms with Crippen LogP contribution in [0, 0.1) is 5.92 Å². The zero-order valence-corrected chi connectivity index (χ0v) is 18.4. The highest BCUT2D eigenvalue weighted by molar-refractivity contribution is 6.42. The van der Waals surface area contributed by atoms with Gasteiger partial charge in [-0.2, -0.15) is 5.10 Å². The van der Waals surface area contributed by atoms with Gasteiger partial charge >= 0.3 is 0 Å². The number of hydrogen-bond donors (Lipinski definition) is 2. The molecule has 0 bridgehead atoms. The van der Waals surface area contributed by atoms with E-state index in [1.54, 1.807) is 6.07 Å². The molecule has 0 saturated carbocycles. The van der Waals surface area contributed by atoms with Crippen LogP contribution in [0.15, 0.2) is 47.6 Å². The van der Waals surface area contributed by atoms with E-state index in [9.17, 15) is 4.79 Å². The third kappa shape index (κ3) is 5.25. The highest BCUT2D eigenvalue weighted by Gasteiger charge is 2.28. The first kappa shape index (κ1) is 22.8. The van der Waals surface area contributed by atoms with Crippen LogP contribution in [0.2, 0.25) is 10.0 Å². The Labute approximate surface area is 191 Å². The molecule has 2 atom stereocenters. The smallest absolute Gasteiger partial charge is 0.246 e. The number of carbonyl (C=O) groups excluding carboxylic acids is 1. The largest absolute Gasteiger partial charge is 0.492 e. The van der Waals surface area contributed by atoms with Crippen LogP contribution in [-0.4, -0.2) is 37.9 Å². The molecular weight excluding hydrogens is 449 g/mol. The van der Waals surface area contributed by atoms with Gasteiger partial charge in [-0.15, -0.1) is 12.4 Å². The fourth-order valence-corrected chi connectivity index (χ4v) is 3.84. The first-order chi connectivity index (χ1) is 14.1. The number of hydrazone groups is 1. The number of halogens is 3. The molecule has 1 amide bonds. The summed E-state index contributed by atoms with van der Waals surface area (Å²) in [7, 11) is 0. The van der Waals surface area contributed by atoms with E-state index in [0.29, 0.717) is 34.7 Å². The number of benzene rings is 2. The van der Waals surface area contributed by atoms with Gasteiger partial charge in [0.05, 0.1) is 41.5 Å². The van der Waals surface area contributed by atoms with Gasteiger partial charge < -0.3 is 14.8 Å². The van der Waals surface area contributed by atoms with Gasteiger partial charge in [-0.3, -0.25) is 4.79 Å². The van der Waals surface area contributed by atoms with Crippen LogP contribution in [0.3, 0.4) is 0 Å². The molecule has 30 heavy (non-hydrogen) atoms. The average molecular weight is 471 g/mol. The summed E-state index contributed by atoms with van der Waals surface area (Å²) in [4.78, 5) is 11.5. The molecule has 2 heterocycles. The zero-order valence-electron chi connectivity index (χ0n) is 16.1. The molecule has 2 aromatic carbocycles. The lowest BCUT2D eigenvalue weighted by Gasteiger charge is -2.26. The van der Waals surface area contributed by atoms with Crippen molar-refractivity contribution in [3.05, 3.63) is 63.6 Å². The van der Waals surface area contributed by atoms with Crippen LogP contribution < -0.4 is 15.5 Å². The summed E-state index contributed by atoms with van der Waals surface area (Å²) in [5.41, 5.74) is 4.96. The lowest BCUT2D eigenvalue weighted by Crippen LogP contribution is -2.29. The minimum absolute atomic E-state index is 0. The standard InChI is InChI=1S/C21H21Cl2N3O3.ClH/c22-16-6-5-13(9-17(16)23)21-14(11-24-7-8-28-21)12-29-19-4-2-1-3-15(19)18-10-20(27)26-25-18;/h1-6,9,14,21,24H,7-8,10-12H2,(H,26,27);1H/t14-,21-;/m0./s1. The molecule has 0 aliphatic carbocycles. The maximum absolute atomic E-state index is 11.5. The molecule has 2 aliphatic rings. The van der Waals surface area contributed by atoms with Gasteiger partial charge in [0.1, 0.15) is 5.75 Å². The molecule has 0 unspecified atom stereocenters. The van der Waals surface area contributed by atoms with Gasteiger partial charge in [0.25, 0.3) is 0 Å². The molecule has 2 aromatic rings. The summed E-state index contributed by atoms with van der Waals surface area (Å²) >= 11 is 12.3. The molecule has 1 saturated heterocycles. The third-order valence-corrected chi connectivity index (χ3v) is 5.72. The number of nitrogens with zero attached hydrogens (tertiary/aromatic N) is 1. The summed E-state index contributed by atoms with van der Waals surface area (Å²) in [6, 6.07) is 13.2. The van der Waals surface area contributed by atoms with Crippen molar-refractivity contribution >= 4 is 47.2 Å². The first-order valence-corrected chi connectivity index (χ1v) is 10.2. The second-order valence-corrected chi connectivity index (χ2v) is 7.82. The molecule has 0 spiro atoms. The monoisotopic (exact) mass is 469 g/mol. The fourth-order valence-electron chi connectivity index (χ4n) is 3.54. The van der Waals surface area contributed by atoms with Crippen molar-refractivity contribution in [3.63, 3.8) is 0 Å². The maximum atomic E-state index is 11.5. The van der Waals surface area contributed by atoms with Crippen LogP contribution in [0.5, 0.6) is 5.75 Å². The zero-order chi connectivity index (χ0) is 20.2. The maximum Gasteiger partial charge on any atom is 0.246 e. The van der Waals surface area contributed by atoms with Crippen molar-refractivity contribution in [1.82, 2.24) is 10.7 Å². The summed E-state index contributed by atoms with van der Waals surface area (Å²) in [5.74, 6) is 0.642. The molecule has 160 valence electrons. The number of para-hydroxylation sites is 1. The predicted octanol–water partition coefficient (Wildman–Crippen LogP) is 4.00. The molecular formula is C21H22Cl3N3O3. The Morgan fingerprint density at radius 1 is 1.17 bits per heavy atom. The molecule has 2 N–H and O–H groups in total. The van der Waals surface area contributed by atoms with Gasteiger partial charge in [-0.05, 0) is 29.8 Å². The van der Waals surface area contributed by atoms with E-state index >= 15 is 0 Å². The van der Waals surface area contributed by atoms with Crippen molar-refractivity contribution in [2.24, 2.45) is 11.0 Å². The van der Waals surface area contributed by atoms with Gasteiger partial charge in [-0.1, -0.05) is 41.4 Å². The summed E-state index contributed by atoms with van der Waals surface area (Å²) in [5, 5.41) is 8.53. The van der Waals surface area contributed by atoms with Crippen molar-refractivity contribution in [2.75, 3.05) is 26.3 Å². The van der Waals surface area contributed by atoms with E-state index in [-0.39, 0.29) is 36.8 Å². The van der Waals surface area contributed by atoms with Crippen LogP contribution in [0.25, 0.3) is 0 Å². The van der Waals surface area contributed by atoms with E-state index in [0.717, 1.165) is 24.2 Å². The van der Waals surface area contributed by atoms with E-state index in [1.165, 1.54) is 0 Å². The topological polar surface area (TPSA) is 72.0 Å². The lowest BCUT2D eigenvalue weighted by molar-refractivity contribution is -0.119. The minimum atomic E-state index is -0.168. The van der Waals surface area contributed by atoms with Gasteiger partial charge in [0, 0.05) is 24.6 Å². The van der Waals surface area contributed by atoms with Crippen LogP contribution in [-0.2, 0) is 9.53 Å². The van der Waals surface area contributed by atoms with E-state index < -0.39 is 0 Å². The van der Waals surface area contributed by atoms with E-state index in [4.69, 9.17) is 32.7 Å². The average Bonchev–Trinajstić information content (AvgIpc) is 3.02. The summed E-state index contributed by atoms with van der Waals surface area (Å²) < 4.78 is 12.3. The van der Waals surface area contributed by atoms with Crippen molar-refractivity contribution in [1.29, 1.82) is 0 Å². The lowest BCUT2D eigenvalue weighted by atomic mass is 9.96. The number of rotatable bonds is 5. The number of ether oxygens (including phenoxy) is 2. The number of amides is 1. The van der Waals surface area contributed by atoms with Crippen molar-refractivity contribution < 1.29 is 14.3 Å². The Morgan fingerprint density at radius 3 is 2.77 bits per heavy atom. The highest BCUT2D eigenvalue weighted by Crippen LogP contribution is 2.33. The van der Waals surface area contributed by atoms with Crippen molar-refractivity contribution in [2.45, 2.75) is 12.5 Å². The summed E-state index contributed by atoms with van der Waals surface area (Å²) in [6.45, 7) is 2.55. The van der Waals surface area contributed by atoms with E-state index in [2.05, 4.69) is 15.8 Å². The molecule has 2 aliphatic heterocycles. The molecule has 9 heteroatoms. The Morgan fingerprint density at radius 2 is 2.00 bits per heavy atom. The normalized spacial score (nSPS) is 21.3. The third-order valence-electron chi connectivity index (χ3n) is 4.98. The van der Waals surface area contributed by atoms with Gasteiger partial charge in [0.2, 0.25) is 5.91 Å². The Hall–Kier alpha value is -1.83. The first-order valence-electron chi connectivity index (χ1n) is 9.46. The van der Waals surface area contributed by atoms with Crippen LogP contribution >= 0.6 is 35.6 Å². The van der Waals surface area contributed by atoms with Crippen LogP contribution in [0.1, 0.15) is 23.7 Å². The second kappa shape index (κ2) is 10.5. The molecule has 1 fully saturated rings. The summed E-state index contributed by atoms with van der Waals surface area (Å²) in [6.07, 6.45) is 0.0828. The van der Waals surface area contributed by atoms with Crippen LogP contribution in [0.4, 0.5) is 0 Å². The Kier molecular flexibility index (Phi) is 7.97. The predicted molar refractivity (Wildman–Crippen MR) is 120 cm³/mol. The Balaban J connectivity index is 0.00000256. The molecule has 4 rings (SSSR count). The SMILES string of the molecule is Cl.O=C1CC(c2ccccc2OC[C@@H]2CNCCO[C@H]2c2ccc(Cl)c(Cl)c2)=NN1. The molecule has 0 aromatic heterocycles. The second-order valence-electron chi connectivity index (χ2n) is 7.01. The fraction of sp³-hybridized carbons (Fsp3) is 0.333. The van der Waals surface area contributed by atoms with Gasteiger partial charge in [0.15, 0.2) is 0 Å². The Bertz CT molecular complexity index is 939. The number of hydrogen-bond acceptors (Lipinski definition) is 5. The van der Waals surface area contributed by atoms with E-state index in [1.807, 2.05) is 36.4 Å². The molecule has 6 nitrogen and oxygen atoms in total. The minimum Gasteiger partial charge on any atom is -0.492 e. The highest BCUT2D eigenvalue weighted by atomic mass is 35.5.